The van der Waals surface area contributed by atoms with E-state index in [0.29, 0.717) is 18.4 Å². The van der Waals surface area contributed by atoms with Gasteiger partial charge in [-0.2, -0.15) is 5.10 Å². The number of nitrogens with zero attached hydrogens (tertiary/aromatic N) is 3. The van der Waals surface area contributed by atoms with Crippen LogP contribution in [-0.4, -0.2) is 46.0 Å². The maximum Gasteiger partial charge on any atom is 0.410 e. The topological polar surface area (TPSA) is 59.4 Å². The van der Waals surface area contributed by atoms with Gasteiger partial charge in [-0.15, -0.1) is 0 Å². The number of ether oxygens (including phenoxy) is 1. The van der Waals surface area contributed by atoms with Crippen LogP contribution in [0.2, 0.25) is 0 Å². The molecule has 0 spiro atoms. The Morgan fingerprint density at radius 2 is 1.90 bits per heavy atom. The number of hydrogen-bond acceptors (Lipinski definition) is 4. The zero-order valence-corrected chi connectivity index (χ0v) is 19.0. The summed E-state index contributed by atoms with van der Waals surface area (Å²) in [5, 5.41) is 8.58. The molecule has 6 nitrogen and oxygen atoms in total. The van der Waals surface area contributed by atoms with Crippen LogP contribution in [0.5, 0.6) is 0 Å². The van der Waals surface area contributed by atoms with Crippen LogP contribution in [0.15, 0.2) is 24.3 Å². The molecule has 2 aliphatic heterocycles. The summed E-state index contributed by atoms with van der Waals surface area (Å²) in [6.45, 7) is 14.6. The van der Waals surface area contributed by atoms with Gasteiger partial charge in [0.2, 0.25) is 0 Å². The van der Waals surface area contributed by atoms with E-state index in [1.165, 1.54) is 16.8 Å². The molecule has 4 rings (SSSR count). The van der Waals surface area contributed by atoms with Crippen molar-refractivity contribution in [3.8, 4) is 5.69 Å². The predicted molar refractivity (Wildman–Crippen MR) is 118 cm³/mol. The van der Waals surface area contributed by atoms with E-state index >= 15 is 0 Å². The van der Waals surface area contributed by atoms with Crippen LogP contribution in [0.25, 0.3) is 5.69 Å². The van der Waals surface area contributed by atoms with Gasteiger partial charge in [-0.25, -0.2) is 9.48 Å². The van der Waals surface area contributed by atoms with E-state index < -0.39 is 5.60 Å². The van der Waals surface area contributed by atoms with Crippen LogP contribution >= 0.6 is 0 Å². The van der Waals surface area contributed by atoms with Crippen molar-refractivity contribution in [1.29, 1.82) is 0 Å². The van der Waals surface area contributed by atoms with Crippen molar-refractivity contribution in [3.63, 3.8) is 0 Å². The number of rotatable bonds is 2. The van der Waals surface area contributed by atoms with Gasteiger partial charge in [0.25, 0.3) is 0 Å². The van der Waals surface area contributed by atoms with Gasteiger partial charge in [0.1, 0.15) is 5.60 Å². The number of amides is 1. The summed E-state index contributed by atoms with van der Waals surface area (Å²) in [6, 6.07) is 8.66. The molecule has 0 saturated carbocycles. The fraction of sp³-hybridized carbons (Fsp3) is 0.583. The Balaban J connectivity index is 1.75. The Kier molecular flexibility index (Phi) is 5.39. The maximum atomic E-state index is 12.9. The molecule has 0 radical (unpaired) electrons. The fourth-order valence-corrected chi connectivity index (χ4v) is 4.49. The molecule has 1 aromatic carbocycles. The van der Waals surface area contributed by atoms with E-state index in [0.717, 1.165) is 30.9 Å². The van der Waals surface area contributed by atoms with Crippen LogP contribution in [-0.2, 0) is 11.2 Å². The minimum atomic E-state index is -0.506. The van der Waals surface area contributed by atoms with Crippen molar-refractivity contribution in [2.75, 3.05) is 19.6 Å². The van der Waals surface area contributed by atoms with Crippen molar-refractivity contribution in [3.05, 3.63) is 46.8 Å². The molecule has 3 heterocycles. The van der Waals surface area contributed by atoms with Crippen LogP contribution in [0, 0.1) is 0 Å². The summed E-state index contributed by atoms with van der Waals surface area (Å²) in [4.78, 5) is 14.8. The zero-order chi connectivity index (χ0) is 21.6. The number of carbonyl (C=O) groups excluding carboxylic acids is 1. The van der Waals surface area contributed by atoms with Gasteiger partial charge in [0.15, 0.2) is 0 Å². The Bertz CT molecular complexity index is 924. The summed E-state index contributed by atoms with van der Waals surface area (Å²) in [6.07, 6.45) is 0.533. The van der Waals surface area contributed by atoms with Crippen LogP contribution in [0.1, 0.15) is 81.9 Å². The second kappa shape index (κ2) is 7.73. The molecule has 0 aliphatic carbocycles. The molecule has 2 aromatic rings. The standard InChI is InChI=1S/C24H34N4O2/c1-15(2)17-7-9-18(10-8-17)28-19-11-12-27(23(29)30-24(4,5)6)20-14-25-13-16(3)22(26-28)21(19)20/h7-10,15-16,20,25H,11-14H2,1-6H3. The fourth-order valence-electron chi connectivity index (χ4n) is 4.49. The Morgan fingerprint density at radius 1 is 1.20 bits per heavy atom. The van der Waals surface area contributed by atoms with Gasteiger partial charge in [0.05, 0.1) is 23.1 Å². The average Bonchev–Trinajstić information content (AvgIpc) is 2.98. The number of hydrogen-bond donors (Lipinski definition) is 1. The highest BCUT2D eigenvalue weighted by Crippen LogP contribution is 2.38. The summed E-state index contributed by atoms with van der Waals surface area (Å²) in [5.41, 5.74) is 5.44. The minimum Gasteiger partial charge on any atom is -0.444 e. The van der Waals surface area contributed by atoms with Crippen molar-refractivity contribution in [1.82, 2.24) is 20.0 Å². The second-order valence-electron chi connectivity index (χ2n) is 9.90. The third-order valence-corrected chi connectivity index (χ3v) is 6.04. The van der Waals surface area contributed by atoms with Gasteiger partial charge < -0.3 is 10.1 Å². The molecular formula is C24H34N4O2. The van der Waals surface area contributed by atoms with Gasteiger partial charge >= 0.3 is 6.09 Å². The molecule has 1 aromatic heterocycles. The van der Waals surface area contributed by atoms with Crippen molar-refractivity contribution in [2.45, 2.75) is 71.4 Å². The lowest BCUT2D eigenvalue weighted by molar-refractivity contribution is 0.0142. The van der Waals surface area contributed by atoms with Gasteiger partial charge in [-0.1, -0.05) is 32.9 Å². The SMILES string of the molecule is CC(C)c1ccc(-n2nc3c4c2CCN(C(=O)OC(C)(C)C)C4CNCC3C)cc1. The van der Waals surface area contributed by atoms with E-state index in [1.807, 2.05) is 25.7 Å². The smallest absolute Gasteiger partial charge is 0.410 e. The molecule has 0 bridgehead atoms. The summed E-state index contributed by atoms with van der Waals surface area (Å²) < 4.78 is 7.82. The molecule has 0 fully saturated rings. The highest BCUT2D eigenvalue weighted by atomic mass is 16.6. The molecule has 6 heteroatoms. The van der Waals surface area contributed by atoms with E-state index in [2.05, 4.69) is 55.0 Å². The summed E-state index contributed by atoms with van der Waals surface area (Å²) in [5.74, 6) is 0.795. The molecule has 1 N–H and O–H groups in total. The number of benzene rings is 1. The predicted octanol–water partition coefficient (Wildman–Crippen LogP) is 4.54. The third kappa shape index (κ3) is 3.85. The first-order valence-electron chi connectivity index (χ1n) is 11.1. The molecule has 2 atom stereocenters. The lowest BCUT2D eigenvalue weighted by Gasteiger charge is -2.36. The monoisotopic (exact) mass is 410 g/mol. The third-order valence-electron chi connectivity index (χ3n) is 6.04. The highest BCUT2D eigenvalue weighted by Gasteiger charge is 2.40. The highest BCUT2D eigenvalue weighted by molar-refractivity contribution is 5.70. The zero-order valence-electron chi connectivity index (χ0n) is 19.0. The Morgan fingerprint density at radius 3 is 2.53 bits per heavy atom. The van der Waals surface area contributed by atoms with E-state index in [-0.39, 0.29) is 12.1 Å². The van der Waals surface area contributed by atoms with Crippen molar-refractivity contribution < 1.29 is 9.53 Å². The Labute approximate surface area is 179 Å². The van der Waals surface area contributed by atoms with Crippen molar-refractivity contribution in [2.24, 2.45) is 0 Å². The van der Waals surface area contributed by atoms with Gasteiger partial charge in [0, 0.05) is 37.5 Å². The maximum absolute atomic E-state index is 12.9. The lowest BCUT2D eigenvalue weighted by Crippen LogP contribution is -2.46. The lowest BCUT2D eigenvalue weighted by atomic mass is 9.93. The first kappa shape index (κ1) is 20.9. The normalized spacial score (nSPS) is 21.4. The second-order valence-corrected chi connectivity index (χ2v) is 9.90. The average molecular weight is 411 g/mol. The first-order valence-corrected chi connectivity index (χ1v) is 11.1. The van der Waals surface area contributed by atoms with E-state index in [9.17, 15) is 4.79 Å². The van der Waals surface area contributed by atoms with Gasteiger partial charge in [-0.05, 0) is 44.4 Å². The first-order chi connectivity index (χ1) is 14.2. The van der Waals surface area contributed by atoms with E-state index in [4.69, 9.17) is 9.84 Å². The van der Waals surface area contributed by atoms with Crippen LogP contribution in [0.4, 0.5) is 4.79 Å². The summed E-state index contributed by atoms with van der Waals surface area (Å²) in [7, 11) is 0. The molecule has 0 saturated heterocycles. The van der Waals surface area contributed by atoms with Crippen LogP contribution < -0.4 is 5.32 Å². The Hall–Kier alpha value is -2.34. The quantitative estimate of drug-likeness (QED) is 0.790. The minimum absolute atomic E-state index is 0.0489. The molecule has 162 valence electrons. The molecule has 30 heavy (non-hydrogen) atoms. The van der Waals surface area contributed by atoms with Crippen LogP contribution in [0.3, 0.4) is 0 Å². The summed E-state index contributed by atoms with van der Waals surface area (Å²) >= 11 is 0. The number of carbonyl (C=O) groups is 1. The van der Waals surface area contributed by atoms with Gasteiger partial charge in [-0.3, -0.25) is 4.90 Å². The molecule has 1 amide bonds. The number of nitrogens with one attached hydrogen (secondary N) is 1. The molecular weight excluding hydrogens is 376 g/mol. The van der Waals surface area contributed by atoms with Crippen molar-refractivity contribution >= 4 is 6.09 Å². The molecule has 2 unspecified atom stereocenters. The largest absolute Gasteiger partial charge is 0.444 e. The number of aromatic nitrogens is 2. The molecule has 2 aliphatic rings. The van der Waals surface area contributed by atoms with E-state index in [1.54, 1.807) is 0 Å².